The van der Waals surface area contributed by atoms with Crippen LogP contribution in [0.25, 0.3) is 0 Å². The first-order chi connectivity index (χ1) is 7.70. The molecule has 1 aromatic rings. The van der Waals surface area contributed by atoms with Crippen LogP contribution in [0, 0.1) is 0 Å². The van der Waals surface area contributed by atoms with Gasteiger partial charge in [-0.05, 0) is 43.5 Å². The minimum Gasteiger partial charge on any atom is -0.506 e. The SMILES string of the molecule is COc1cc(CC2CCCN2)cc(O)c1Cl. The van der Waals surface area contributed by atoms with E-state index in [1.54, 1.807) is 13.2 Å². The van der Waals surface area contributed by atoms with E-state index in [1.165, 1.54) is 12.8 Å². The van der Waals surface area contributed by atoms with Crippen molar-refractivity contribution in [1.29, 1.82) is 0 Å². The smallest absolute Gasteiger partial charge is 0.141 e. The van der Waals surface area contributed by atoms with E-state index in [1.807, 2.05) is 6.07 Å². The topological polar surface area (TPSA) is 41.5 Å². The molecule has 0 amide bonds. The Morgan fingerprint density at radius 2 is 2.38 bits per heavy atom. The Morgan fingerprint density at radius 3 is 3.00 bits per heavy atom. The summed E-state index contributed by atoms with van der Waals surface area (Å²) in [5, 5.41) is 13.4. The molecule has 16 heavy (non-hydrogen) atoms. The zero-order valence-electron chi connectivity index (χ0n) is 9.29. The number of benzene rings is 1. The second kappa shape index (κ2) is 4.93. The molecule has 3 nitrogen and oxygen atoms in total. The van der Waals surface area contributed by atoms with Crippen LogP contribution in [0.2, 0.25) is 5.02 Å². The van der Waals surface area contributed by atoms with Gasteiger partial charge in [0, 0.05) is 6.04 Å². The summed E-state index contributed by atoms with van der Waals surface area (Å²) in [6.07, 6.45) is 3.31. The lowest BCUT2D eigenvalue weighted by Crippen LogP contribution is -2.23. The summed E-state index contributed by atoms with van der Waals surface area (Å²) < 4.78 is 5.12. The minimum atomic E-state index is 0.0917. The molecule has 1 saturated heterocycles. The van der Waals surface area contributed by atoms with Gasteiger partial charge in [0.25, 0.3) is 0 Å². The molecule has 1 heterocycles. The number of ether oxygens (including phenoxy) is 1. The molecular formula is C12H16ClNO2. The van der Waals surface area contributed by atoms with Crippen molar-refractivity contribution in [3.05, 3.63) is 22.7 Å². The lowest BCUT2D eigenvalue weighted by Gasteiger charge is -2.12. The molecule has 0 saturated carbocycles. The van der Waals surface area contributed by atoms with Crippen LogP contribution in [0.1, 0.15) is 18.4 Å². The second-order valence-corrected chi connectivity index (χ2v) is 4.51. The van der Waals surface area contributed by atoms with Gasteiger partial charge in [-0.1, -0.05) is 11.6 Å². The standard InChI is InChI=1S/C12H16ClNO2/c1-16-11-7-8(6-10(15)12(11)13)5-9-3-2-4-14-9/h6-7,9,14-15H,2-5H2,1H3. The number of phenolic OH excluding ortho intramolecular Hbond substituents is 1. The van der Waals surface area contributed by atoms with Gasteiger partial charge in [0.1, 0.15) is 16.5 Å². The quantitative estimate of drug-likeness (QED) is 0.854. The third-order valence-corrected chi connectivity index (χ3v) is 3.32. The van der Waals surface area contributed by atoms with E-state index >= 15 is 0 Å². The first-order valence-corrected chi connectivity index (χ1v) is 5.87. The number of halogens is 1. The van der Waals surface area contributed by atoms with Crippen molar-refractivity contribution < 1.29 is 9.84 Å². The summed E-state index contributed by atoms with van der Waals surface area (Å²) in [5.41, 5.74) is 1.05. The molecule has 2 rings (SSSR count). The monoisotopic (exact) mass is 241 g/mol. The van der Waals surface area contributed by atoms with Gasteiger partial charge in [0.2, 0.25) is 0 Å². The zero-order chi connectivity index (χ0) is 11.5. The molecule has 1 aliphatic rings. The predicted molar refractivity (Wildman–Crippen MR) is 64.4 cm³/mol. The molecule has 1 atom stereocenters. The Labute approximate surface area is 100 Å². The fourth-order valence-corrected chi connectivity index (χ4v) is 2.31. The molecule has 1 fully saturated rings. The molecule has 0 spiro atoms. The first kappa shape index (κ1) is 11.6. The van der Waals surface area contributed by atoms with Gasteiger partial charge in [0.15, 0.2) is 0 Å². The number of methoxy groups -OCH3 is 1. The molecule has 4 heteroatoms. The van der Waals surface area contributed by atoms with Crippen LogP contribution in [0.15, 0.2) is 12.1 Å². The van der Waals surface area contributed by atoms with Crippen LogP contribution in [0.4, 0.5) is 0 Å². The zero-order valence-corrected chi connectivity index (χ0v) is 10.0. The van der Waals surface area contributed by atoms with E-state index in [-0.39, 0.29) is 10.8 Å². The largest absolute Gasteiger partial charge is 0.506 e. The Balaban J connectivity index is 2.17. The van der Waals surface area contributed by atoms with Crippen LogP contribution in [-0.2, 0) is 6.42 Å². The number of hydrogen-bond donors (Lipinski definition) is 2. The Hall–Kier alpha value is -0.930. The van der Waals surface area contributed by atoms with Gasteiger partial charge in [-0.3, -0.25) is 0 Å². The average molecular weight is 242 g/mol. The van der Waals surface area contributed by atoms with Crippen molar-refractivity contribution in [2.75, 3.05) is 13.7 Å². The summed E-state index contributed by atoms with van der Waals surface area (Å²) in [6.45, 7) is 1.08. The van der Waals surface area contributed by atoms with Crippen molar-refractivity contribution >= 4 is 11.6 Å². The van der Waals surface area contributed by atoms with Crippen LogP contribution in [0.3, 0.4) is 0 Å². The van der Waals surface area contributed by atoms with E-state index in [0.29, 0.717) is 11.8 Å². The molecular weight excluding hydrogens is 226 g/mol. The maximum Gasteiger partial charge on any atom is 0.141 e. The average Bonchev–Trinajstić information content (AvgIpc) is 2.76. The van der Waals surface area contributed by atoms with Crippen LogP contribution < -0.4 is 10.1 Å². The van der Waals surface area contributed by atoms with Gasteiger partial charge in [-0.2, -0.15) is 0 Å². The highest BCUT2D eigenvalue weighted by molar-refractivity contribution is 6.33. The summed E-state index contributed by atoms with van der Waals surface area (Å²) in [4.78, 5) is 0. The lowest BCUT2D eigenvalue weighted by molar-refractivity contribution is 0.407. The van der Waals surface area contributed by atoms with Crippen molar-refractivity contribution in [1.82, 2.24) is 5.32 Å². The fourth-order valence-electron chi connectivity index (χ4n) is 2.12. The Bertz CT molecular complexity index is 376. The number of phenols is 1. The van der Waals surface area contributed by atoms with Crippen LogP contribution in [-0.4, -0.2) is 24.8 Å². The van der Waals surface area contributed by atoms with Gasteiger partial charge in [0.05, 0.1) is 7.11 Å². The molecule has 0 radical (unpaired) electrons. The number of nitrogens with one attached hydrogen (secondary N) is 1. The Morgan fingerprint density at radius 1 is 1.56 bits per heavy atom. The number of rotatable bonds is 3. The second-order valence-electron chi connectivity index (χ2n) is 4.13. The van der Waals surface area contributed by atoms with Gasteiger partial charge >= 0.3 is 0 Å². The van der Waals surface area contributed by atoms with E-state index in [4.69, 9.17) is 16.3 Å². The molecule has 1 unspecified atom stereocenters. The van der Waals surface area contributed by atoms with E-state index in [0.717, 1.165) is 18.5 Å². The molecule has 0 aliphatic carbocycles. The highest BCUT2D eigenvalue weighted by atomic mass is 35.5. The minimum absolute atomic E-state index is 0.0917. The van der Waals surface area contributed by atoms with E-state index in [2.05, 4.69) is 5.32 Å². The van der Waals surface area contributed by atoms with Crippen LogP contribution in [0.5, 0.6) is 11.5 Å². The third kappa shape index (κ3) is 2.42. The molecule has 2 N–H and O–H groups in total. The van der Waals surface area contributed by atoms with Crippen molar-refractivity contribution in [3.8, 4) is 11.5 Å². The van der Waals surface area contributed by atoms with Gasteiger partial charge in [-0.25, -0.2) is 0 Å². The fraction of sp³-hybridized carbons (Fsp3) is 0.500. The summed E-state index contributed by atoms with van der Waals surface area (Å²) in [6, 6.07) is 4.11. The van der Waals surface area contributed by atoms with Crippen molar-refractivity contribution in [3.63, 3.8) is 0 Å². The highest BCUT2D eigenvalue weighted by Crippen LogP contribution is 2.35. The molecule has 0 bridgehead atoms. The number of hydrogen-bond acceptors (Lipinski definition) is 3. The number of aromatic hydroxyl groups is 1. The lowest BCUT2D eigenvalue weighted by atomic mass is 10.0. The van der Waals surface area contributed by atoms with E-state index < -0.39 is 0 Å². The summed E-state index contributed by atoms with van der Waals surface area (Å²) >= 11 is 5.89. The van der Waals surface area contributed by atoms with Gasteiger partial charge in [-0.15, -0.1) is 0 Å². The summed E-state index contributed by atoms with van der Waals surface area (Å²) in [7, 11) is 1.55. The molecule has 1 aromatic carbocycles. The van der Waals surface area contributed by atoms with E-state index in [9.17, 15) is 5.11 Å². The maximum atomic E-state index is 9.65. The summed E-state index contributed by atoms with van der Waals surface area (Å²) in [5.74, 6) is 0.628. The maximum absolute atomic E-state index is 9.65. The van der Waals surface area contributed by atoms with Gasteiger partial charge < -0.3 is 15.2 Å². The molecule has 88 valence electrons. The predicted octanol–water partition coefficient (Wildman–Crippen LogP) is 2.35. The Kier molecular flexibility index (Phi) is 3.56. The van der Waals surface area contributed by atoms with Crippen molar-refractivity contribution in [2.24, 2.45) is 0 Å². The van der Waals surface area contributed by atoms with Crippen LogP contribution >= 0.6 is 11.6 Å². The van der Waals surface area contributed by atoms with Crippen molar-refractivity contribution in [2.45, 2.75) is 25.3 Å². The first-order valence-electron chi connectivity index (χ1n) is 5.49. The highest BCUT2D eigenvalue weighted by Gasteiger charge is 2.16. The normalized spacial score (nSPS) is 20.0. The molecule has 0 aromatic heterocycles. The molecule has 1 aliphatic heterocycles. The third-order valence-electron chi connectivity index (χ3n) is 2.94.